The number of carbonyl (C=O) groups is 1. The number of rotatable bonds is 35. The van der Waals surface area contributed by atoms with Crippen molar-refractivity contribution in [3.8, 4) is 11.1 Å². The van der Waals surface area contributed by atoms with Crippen molar-refractivity contribution < 1.29 is 52.2 Å². The number of alkyl carbamates (subject to hydrolysis) is 1. The van der Waals surface area contributed by atoms with Gasteiger partial charge in [0.15, 0.2) is 0 Å². The first kappa shape index (κ1) is 44.5. The molecule has 1 aliphatic carbocycles. The van der Waals surface area contributed by atoms with Crippen LogP contribution in [0.4, 0.5) is 4.79 Å². The highest BCUT2D eigenvalue weighted by atomic mass is 127. The number of unbranched alkanes of at least 4 members (excludes halogenated alkanes) is 3. The summed E-state index contributed by atoms with van der Waals surface area (Å²) in [5, 5.41) is 2.75. The monoisotopic (exact) mass is 845 g/mol. The third-order valence-corrected chi connectivity index (χ3v) is 8.77. The second kappa shape index (κ2) is 31.4. The quantitative estimate of drug-likeness (QED) is 0.0525. The van der Waals surface area contributed by atoms with Gasteiger partial charge in [-0.25, -0.2) is 4.79 Å². The molecular weight excluding hydrogens is 785 g/mol. The Morgan fingerprint density at radius 3 is 1.27 bits per heavy atom. The molecule has 2 aromatic rings. The van der Waals surface area contributed by atoms with Crippen molar-refractivity contribution in [2.45, 2.75) is 31.6 Å². The van der Waals surface area contributed by atoms with Crippen LogP contribution in [-0.2, 0) is 47.4 Å². The number of nitrogens with one attached hydrogen (secondary N) is 1. The molecule has 1 N–H and O–H groups in total. The van der Waals surface area contributed by atoms with Crippen LogP contribution in [0, 0.1) is 0 Å². The normalized spacial score (nSPS) is 12.2. The molecule has 0 saturated heterocycles. The molecular formula is C39H60INO11. The lowest BCUT2D eigenvalue weighted by atomic mass is 9.98. The number of ether oxygens (including phenoxy) is 10. The third kappa shape index (κ3) is 20.5. The molecule has 294 valence electrons. The van der Waals surface area contributed by atoms with Crippen LogP contribution in [0.5, 0.6) is 0 Å². The van der Waals surface area contributed by atoms with Gasteiger partial charge in [0.25, 0.3) is 0 Å². The molecule has 0 unspecified atom stereocenters. The van der Waals surface area contributed by atoms with Crippen LogP contribution in [0.2, 0.25) is 0 Å². The van der Waals surface area contributed by atoms with Gasteiger partial charge >= 0.3 is 6.09 Å². The molecule has 0 spiro atoms. The summed E-state index contributed by atoms with van der Waals surface area (Å²) < 4.78 is 56.4. The largest absolute Gasteiger partial charge is 0.449 e. The minimum absolute atomic E-state index is 0.0405. The van der Waals surface area contributed by atoms with E-state index in [4.69, 9.17) is 47.4 Å². The van der Waals surface area contributed by atoms with Crippen molar-refractivity contribution >= 4 is 28.7 Å². The van der Waals surface area contributed by atoms with E-state index >= 15 is 0 Å². The van der Waals surface area contributed by atoms with Gasteiger partial charge in [0.05, 0.1) is 112 Å². The van der Waals surface area contributed by atoms with Gasteiger partial charge in [-0.15, -0.1) is 0 Å². The molecule has 52 heavy (non-hydrogen) atoms. The van der Waals surface area contributed by atoms with E-state index in [0.717, 1.165) is 13.0 Å². The first-order valence-corrected chi connectivity index (χ1v) is 20.2. The number of halogens is 1. The summed E-state index contributed by atoms with van der Waals surface area (Å²) in [4.78, 5) is 12.2. The Bertz CT molecular complexity index is 1120. The summed E-state index contributed by atoms with van der Waals surface area (Å²) in [6.45, 7) is 10.1. The first-order valence-electron chi connectivity index (χ1n) is 18.7. The van der Waals surface area contributed by atoms with Gasteiger partial charge in [-0.2, -0.15) is 0 Å². The van der Waals surface area contributed by atoms with E-state index < -0.39 is 6.09 Å². The van der Waals surface area contributed by atoms with Gasteiger partial charge in [-0.05, 0) is 39.5 Å². The first-order chi connectivity index (χ1) is 25.8. The van der Waals surface area contributed by atoms with E-state index in [2.05, 4.69) is 52.2 Å². The van der Waals surface area contributed by atoms with E-state index in [1.54, 1.807) is 0 Å². The van der Waals surface area contributed by atoms with Crippen LogP contribution in [0.3, 0.4) is 0 Å². The van der Waals surface area contributed by atoms with Crippen molar-refractivity contribution in [3.63, 3.8) is 0 Å². The number of alkyl halides is 1. The highest BCUT2D eigenvalue weighted by Crippen LogP contribution is 2.44. The van der Waals surface area contributed by atoms with Gasteiger partial charge in [0.1, 0.15) is 6.61 Å². The Balaban J connectivity index is 0.958. The molecule has 0 radical (unpaired) electrons. The Morgan fingerprint density at radius 1 is 0.481 bits per heavy atom. The van der Waals surface area contributed by atoms with Crippen LogP contribution in [-0.4, -0.2) is 143 Å². The fourth-order valence-corrected chi connectivity index (χ4v) is 5.93. The average molecular weight is 846 g/mol. The zero-order valence-corrected chi connectivity index (χ0v) is 32.9. The number of benzene rings is 2. The molecule has 0 heterocycles. The van der Waals surface area contributed by atoms with E-state index in [1.165, 1.54) is 45.9 Å². The van der Waals surface area contributed by atoms with Gasteiger partial charge < -0.3 is 52.7 Å². The van der Waals surface area contributed by atoms with Crippen molar-refractivity contribution in [1.82, 2.24) is 5.32 Å². The molecule has 0 bridgehead atoms. The minimum Gasteiger partial charge on any atom is -0.449 e. The van der Waals surface area contributed by atoms with Crippen LogP contribution >= 0.6 is 22.6 Å². The maximum Gasteiger partial charge on any atom is 0.407 e. The lowest BCUT2D eigenvalue weighted by Gasteiger charge is -2.14. The summed E-state index contributed by atoms with van der Waals surface area (Å²) in [6.07, 6.45) is 4.51. The van der Waals surface area contributed by atoms with Gasteiger partial charge in [-0.1, -0.05) is 84.0 Å². The lowest BCUT2D eigenvalue weighted by Crippen LogP contribution is -2.29. The summed E-state index contributed by atoms with van der Waals surface area (Å²) >= 11 is 2.42. The van der Waals surface area contributed by atoms with Crippen LogP contribution < -0.4 is 5.32 Å². The molecule has 0 saturated carbocycles. The third-order valence-electron chi connectivity index (χ3n) is 8.01. The van der Waals surface area contributed by atoms with E-state index in [9.17, 15) is 4.79 Å². The van der Waals surface area contributed by atoms with Crippen LogP contribution in [0.15, 0.2) is 48.5 Å². The highest BCUT2D eigenvalue weighted by molar-refractivity contribution is 14.1. The average Bonchev–Trinajstić information content (AvgIpc) is 3.49. The smallest absolute Gasteiger partial charge is 0.407 e. The maximum atomic E-state index is 12.2. The Morgan fingerprint density at radius 2 is 0.846 bits per heavy atom. The molecule has 1 amide bonds. The number of carbonyl (C=O) groups excluding carboxylic acids is 1. The van der Waals surface area contributed by atoms with Crippen molar-refractivity contribution in [3.05, 3.63) is 59.7 Å². The van der Waals surface area contributed by atoms with Crippen LogP contribution in [0.1, 0.15) is 42.7 Å². The number of amides is 1. The van der Waals surface area contributed by atoms with Gasteiger partial charge in [-0.3, -0.25) is 0 Å². The summed E-state index contributed by atoms with van der Waals surface area (Å²) in [5.74, 6) is 0.0405. The van der Waals surface area contributed by atoms with Gasteiger partial charge in [0.2, 0.25) is 0 Å². The zero-order chi connectivity index (χ0) is 36.6. The SMILES string of the molecule is O=C(NCCOCCOCCOCCOCCOCCOCCOCCOCCOCCCCCCI)OCC1c2ccccc2-c2ccccc21. The summed E-state index contributed by atoms with van der Waals surface area (Å²) in [5.41, 5.74) is 4.78. The Labute approximate surface area is 323 Å². The minimum atomic E-state index is -0.448. The summed E-state index contributed by atoms with van der Waals surface area (Å²) in [7, 11) is 0. The highest BCUT2D eigenvalue weighted by Gasteiger charge is 2.28. The molecule has 2 aromatic carbocycles. The Hall–Kier alpha value is -1.92. The fourth-order valence-electron chi connectivity index (χ4n) is 5.39. The Kier molecular flexibility index (Phi) is 26.9. The predicted octanol–water partition coefficient (Wildman–Crippen LogP) is 5.67. The van der Waals surface area contributed by atoms with E-state index in [-0.39, 0.29) is 5.92 Å². The standard InChI is InChI=1S/C39H60INO11/c40-13-7-1-2-8-15-43-17-19-45-21-23-47-25-27-49-29-31-51-32-30-50-28-26-48-24-22-46-20-18-44-16-14-41-39(42)52-33-38-36-11-5-3-9-34(36)35-10-4-6-12-37(35)38/h3-6,9-12,38H,1-2,7-8,13-33H2,(H,41,42). The molecule has 0 aromatic heterocycles. The van der Waals surface area contributed by atoms with E-state index in [1.807, 2.05) is 24.3 Å². The maximum absolute atomic E-state index is 12.2. The number of hydrogen-bond acceptors (Lipinski definition) is 11. The summed E-state index contributed by atoms with van der Waals surface area (Å²) in [6, 6.07) is 16.5. The fraction of sp³-hybridized carbons (Fsp3) is 0.667. The van der Waals surface area contributed by atoms with Crippen molar-refractivity contribution in [2.75, 3.05) is 137 Å². The number of hydrogen-bond donors (Lipinski definition) is 1. The zero-order valence-electron chi connectivity index (χ0n) is 30.7. The topological polar surface area (TPSA) is 121 Å². The van der Waals surface area contributed by atoms with Crippen LogP contribution in [0.25, 0.3) is 11.1 Å². The number of fused-ring (bicyclic) bond motifs is 3. The molecule has 3 rings (SSSR count). The molecule has 0 fully saturated rings. The predicted molar refractivity (Wildman–Crippen MR) is 208 cm³/mol. The molecule has 0 aliphatic heterocycles. The van der Waals surface area contributed by atoms with Crippen molar-refractivity contribution in [2.24, 2.45) is 0 Å². The second-order valence-electron chi connectivity index (χ2n) is 11.9. The molecule has 12 nitrogen and oxygen atoms in total. The molecule has 0 atom stereocenters. The second-order valence-corrected chi connectivity index (χ2v) is 12.9. The van der Waals surface area contributed by atoms with Crippen molar-refractivity contribution in [1.29, 1.82) is 0 Å². The van der Waals surface area contributed by atoms with E-state index in [0.29, 0.717) is 125 Å². The lowest BCUT2D eigenvalue weighted by molar-refractivity contribution is -0.0249. The van der Waals surface area contributed by atoms with Gasteiger partial charge in [0, 0.05) is 19.1 Å². The molecule has 1 aliphatic rings. The molecule has 13 heteroatoms.